The van der Waals surface area contributed by atoms with E-state index in [9.17, 15) is 4.79 Å². The van der Waals surface area contributed by atoms with Crippen LogP contribution < -0.4 is 5.73 Å². The lowest BCUT2D eigenvalue weighted by atomic mass is 10.1. The zero-order valence-electron chi connectivity index (χ0n) is 11.8. The molecular formula is C14H18Cl2N2O2S. The molecule has 1 fully saturated rings. The fourth-order valence-corrected chi connectivity index (χ4v) is 3.87. The topological polar surface area (TPSA) is 55.6 Å². The van der Waals surface area contributed by atoms with E-state index in [1.165, 1.54) is 0 Å². The summed E-state index contributed by atoms with van der Waals surface area (Å²) in [6, 6.07) is 3.39. The molecule has 1 heterocycles. The van der Waals surface area contributed by atoms with Crippen molar-refractivity contribution in [2.75, 3.05) is 37.5 Å². The molecular weight excluding hydrogens is 331 g/mol. The molecule has 1 atom stereocenters. The van der Waals surface area contributed by atoms with Gasteiger partial charge in [-0.3, -0.25) is 4.79 Å². The molecule has 0 spiro atoms. The number of amides is 1. The summed E-state index contributed by atoms with van der Waals surface area (Å²) in [4.78, 5) is 14.6. The molecule has 1 aromatic carbocycles. The second kappa shape index (κ2) is 7.58. The number of methoxy groups -OCH3 is 1. The maximum absolute atomic E-state index is 12.8. The van der Waals surface area contributed by atoms with Gasteiger partial charge in [0.25, 0.3) is 5.91 Å². The van der Waals surface area contributed by atoms with Crippen molar-refractivity contribution >= 4 is 46.6 Å². The Labute approximate surface area is 138 Å². The van der Waals surface area contributed by atoms with Gasteiger partial charge in [0.1, 0.15) is 0 Å². The standard InChI is InChI=1S/C14H18Cl2N2O2S/c1-20-4-3-18(10-2-5-21-8-10)14(19)9-6-11(15)13(16)12(17)7-9/h6-7,10H,2-5,8,17H2,1H3. The minimum atomic E-state index is -0.0789. The van der Waals surface area contributed by atoms with E-state index in [1.54, 1.807) is 19.2 Å². The highest BCUT2D eigenvalue weighted by atomic mass is 35.5. The highest BCUT2D eigenvalue weighted by Gasteiger charge is 2.28. The van der Waals surface area contributed by atoms with Gasteiger partial charge >= 0.3 is 0 Å². The van der Waals surface area contributed by atoms with Gasteiger partial charge in [-0.25, -0.2) is 0 Å². The van der Waals surface area contributed by atoms with Crippen LogP contribution in [0, 0.1) is 0 Å². The number of anilines is 1. The first kappa shape index (κ1) is 16.7. The second-order valence-electron chi connectivity index (χ2n) is 4.87. The molecule has 0 aromatic heterocycles. The quantitative estimate of drug-likeness (QED) is 0.830. The number of rotatable bonds is 5. The van der Waals surface area contributed by atoms with E-state index >= 15 is 0 Å². The predicted octanol–water partition coefficient (Wildman–Crippen LogP) is 3.17. The number of hydrogen-bond donors (Lipinski definition) is 1. The van der Waals surface area contributed by atoms with E-state index in [0.29, 0.717) is 29.4 Å². The third-order valence-electron chi connectivity index (χ3n) is 3.45. The normalized spacial score (nSPS) is 18.0. The van der Waals surface area contributed by atoms with Gasteiger partial charge in [-0.2, -0.15) is 11.8 Å². The lowest BCUT2D eigenvalue weighted by molar-refractivity contribution is 0.0625. The van der Waals surface area contributed by atoms with Crippen LogP contribution in [0.15, 0.2) is 12.1 Å². The highest BCUT2D eigenvalue weighted by Crippen LogP contribution is 2.31. The number of nitrogen functional groups attached to an aromatic ring is 1. The molecule has 2 N–H and O–H groups in total. The molecule has 1 aliphatic heterocycles. The van der Waals surface area contributed by atoms with Crippen LogP contribution in [0.25, 0.3) is 0 Å². The Kier molecular flexibility index (Phi) is 6.05. The number of thioether (sulfide) groups is 1. The molecule has 1 amide bonds. The molecule has 1 aliphatic rings. The van der Waals surface area contributed by atoms with E-state index in [1.807, 2.05) is 16.7 Å². The summed E-state index contributed by atoms with van der Waals surface area (Å²) in [5.74, 6) is 1.95. The van der Waals surface area contributed by atoms with E-state index < -0.39 is 0 Å². The molecule has 0 radical (unpaired) electrons. The van der Waals surface area contributed by atoms with Crippen LogP contribution in [0.3, 0.4) is 0 Å². The number of halogens is 2. The number of carbonyl (C=O) groups is 1. The van der Waals surface area contributed by atoms with Gasteiger partial charge in [-0.05, 0) is 24.3 Å². The highest BCUT2D eigenvalue weighted by molar-refractivity contribution is 7.99. The van der Waals surface area contributed by atoms with Gasteiger partial charge in [0.15, 0.2) is 0 Å². The summed E-state index contributed by atoms with van der Waals surface area (Å²) < 4.78 is 5.11. The molecule has 0 bridgehead atoms. The maximum atomic E-state index is 12.8. The SMILES string of the molecule is COCCN(C(=O)c1cc(N)c(Cl)c(Cl)c1)C1CCSC1. The van der Waals surface area contributed by atoms with E-state index in [2.05, 4.69) is 0 Å². The lowest BCUT2D eigenvalue weighted by Gasteiger charge is -2.28. The third kappa shape index (κ3) is 3.97. The maximum Gasteiger partial charge on any atom is 0.254 e. The molecule has 116 valence electrons. The fraction of sp³-hybridized carbons (Fsp3) is 0.500. The zero-order valence-corrected chi connectivity index (χ0v) is 14.1. The van der Waals surface area contributed by atoms with Crippen molar-refractivity contribution in [3.63, 3.8) is 0 Å². The van der Waals surface area contributed by atoms with Gasteiger partial charge in [-0.1, -0.05) is 23.2 Å². The number of nitrogens with zero attached hydrogens (tertiary/aromatic N) is 1. The monoisotopic (exact) mass is 348 g/mol. The van der Waals surface area contributed by atoms with Crippen molar-refractivity contribution in [1.82, 2.24) is 4.90 Å². The second-order valence-corrected chi connectivity index (χ2v) is 6.81. The summed E-state index contributed by atoms with van der Waals surface area (Å²) in [6.45, 7) is 1.06. The van der Waals surface area contributed by atoms with Crippen molar-refractivity contribution in [3.8, 4) is 0 Å². The Morgan fingerprint density at radius 2 is 2.29 bits per heavy atom. The summed E-state index contributed by atoms with van der Waals surface area (Å²) in [5, 5.41) is 0.584. The van der Waals surface area contributed by atoms with Crippen LogP contribution in [0.4, 0.5) is 5.69 Å². The Hall–Kier alpha value is -0.620. The Morgan fingerprint density at radius 3 is 2.86 bits per heavy atom. The first-order chi connectivity index (χ1) is 10.0. The number of hydrogen-bond acceptors (Lipinski definition) is 4. The molecule has 0 saturated carbocycles. The molecule has 0 aliphatic carbocycles. The van der Waals surface area contributed by atoms with Gasteiger partial charge in [0, 0.05) is 31.0 Å². The molecule has 1 saturated heterocycles. The summed E-state index contributed by atoms with van der Waals surface area (Å²) in [6.07, 6.45) is 0.997. The van der Waals surface area contributed by atoms with Crippen molar-refractivity contribution in [2.24, 2.45) is 0 Å². The number of carbonyl (C=O) groups excluding carboxylic acids is 1. The van der Waals surface area contributed by atoms with E-state index in [4.69, 9.17) is 33.7 Å². The van der Waals surface area contributed by atoms with Gasteiger partial charge in [0.05, 0.1) is 22.3 Å². The average Bonchev–Trinajstić information content (AvgIpc) is 2.98. The van der Waals surface area contributed by atoms with E-state index in [0.717, 1.165) is 17.9 Å². The van der Waals surface area contributed by atoms with E-state index in [-0.39, 0.29) is 17.0 Å². The van der Waals surface area contributed by atoms with Crippen molar-refractivity contribution < 1.29 is 9.53 Å². The molecule has 7 heteroatoms. The largest absolute Gasteiger partial charge is 0.397 e. The molecule has 1 unspecified atom stereocenters. The molecule has 2 rings (SSSR count). The minimum absolute atomic E-state index is 0.0789. The predicted molar refractivity (Wildman–Crippen MR) is 89.5 cm³/mol. The first-order valence-corrected chi connectivity index (χ1v) is 8.57. The molecule has 21 heavy (non-hydrogen) atoms. The minimum Gasteiger partial charge on any atom is -0.397 e. The van der Waals surface area contributed by atoms with Crippen LogP contribution in [0.2, 0.25) is 10.0 Å². The molecule has 4 nitrogen and oxygen atoms in total. The smallest absolute Gasteiger partial charge is 0.254 e. The number of benzene rings is 1. The van der Waals surface area contributed by atoms with Crippen LogP contribution in [0.1, 0.15) is 16.8 Å². The number of nitrogens with two attached hydrogens (primary N) is 1. The summed E-state index contributed by atoms with van der Waals surface area (Å²) in [5.41, 5.74) is 6.58. The fourth-order valence-electron chi connectivity index (χ4n) is 2.31. The average molecular weight is 349 g/mol. The van der Waals surface area contributed by atoms with Gasteiger partial charge < -0.3 is 15.4 Å². The van der Waals surface area contributed by atoms with Crippen LogP contribution in [0.5, 0.6) is 0 Å². The van der Waals surface area contributed by atoms with Crippen molar-refractivity contribution in [3.05, 3.63) is 27.7 Å². The molecule has 1 aromatic rings. The van der Waals surface area contributed by atoms with Gasteiger partial charge in [0.2, 0.25) is 0 Å². The van der Waals surface area contributed by atoms with Crippen LogP contribution >= 0.6 is 35.0 Å². The summed E-state index contributed by atoms with van der Waals surface area (Å²) in [7, 11) is 1.63. The van der Waals surface area contributed by atoms with Crippen LogP contribution in [-0.4, -0.2) is 48.6 Å². The zero-order chi connectivity index (χ0) is 15.4. The lowest BCUT2D eigenvalue weighted by Crippen LogP contribution is -2.42. The Bertz CT molecular complexity index is 499. The Balaban J connectivity index is 2.24. The van der Waals surface area contributed by atoms with Crippen LogP contribution in [-0.2, 0) is 4.74 Å². The number of ether oxygens (including phenoxy) is 1. The summed E-state index contributed by atoms with van der Waals surface area (Å²) >= 11 is 13.8. The van der Waals surface area contributed by atoms with Crippen molar-refractivity contribution in [2.45, 2.75) is 12.5 Å². The Morgan fingerprint density at radius 1 is 1.52 bits per heavy atom. The first-order valence-electron chi connectivity index (χ1n) is 6.66. The van der Waals surface area contributed by atoms with Crippen molar-refractivity contribution in [1.29, 1.82) is 0 Å². The third-order valence-corrected chi connectivity index (χ3v) is 5.41. The van der Waals surface area contributed by atoms with Gasteiger partial charge in [-0.15, -0.1) is 0 Å².